The second-order valence-electron chi connectivity index (χ2n) is 7.13. The summed E-state index contributed by atoms with van der Waals surface area (Å²) >= 11 is 0. The number of amides is 1. The molecule has 0 bridgehead atoms. The summed E-state index contributed by atoms with van der Waals surface area (Å²) in [5, 5.41) is 15.5. The van der Waals surface area contributed by atoms with Gasteiger partial charge in [0.05, 0.1) is 17.1 Å². The van der Waals surface area contributed by atoms with Gasteiger partial charge in [-0.1, -0.05) is 12.1 Å². The van der Waals surface area contributed by atoms with Crippen LogP contribution in [0.4, 0.5) is 11.6 Å². The van der Waals surface area contributed by atoms with Gasteiger partial charge in [-0.3, -0.25) is 9.78 Å². The van der Waals surface area contributed by atoms with Crippen LogP contribution in [0, 0.1) is 0 Å². The standard InChI is InChI=1S/C23H23N5O3/c1-14(29)15-4-6-16(7-5-15)26-23-27-19-12-17(8-9-21(19)28(23)3)31-18-10-11-25-20(13-18)22(30)24-2/h4-14,29H,1-3H3,(H,24,30)(H,26,27). The molecule has 3 N–H and O–H groups in total. The molecule has 0 saturated heterocycles. The molecule has 158 valence electrons. The van der Waals surface area contributed by atoms with E-state index in [4.69, 9.17) is 4.74 Å². The van der Waals surface area contributed by atoms with Gasteiger partial charge >= 0.3 is 0 Å². The molecule has 2 aromatic carbocycles. The molecule has 0 radical (unpaired) electrons. The molecule has 0 spiro atoms. The molecule has 4 rings (SSSR count). The summed E-state index contributed by atoms with van der Waals surface area (Å²) in [6.45, 7) is 1.74. The van der Waals surface area contributed by atoms with Gasteiger partial charge < -0.3 is 25.0 Å². The zero-order chi connectivity index (χ0) is 22.0. The van der Waals surface area contributed by atoms with E-state index in [1.54, 1.807) is 26.1 Å². The van der Waals surface area contributed by atoms with Gasteiger partial charge in [-0.2, -0.15) is 0 Å². The first-order chi connectivity index (χ1) is 14.9. The van der Waals surface area contributed by atoms with E-state index in [9.17, 15) is 9.90 Å². The van der Waals surface area contributed by atoms with E-state index in [-0.39, 0.29) is 11.6 Å². The molecule has 2 heterocycles. The Kier molecular flexibility index (Phi) is 5.55. The molecule has 0 fully saturated rings. The molecule has 1 atom stereocenters. The number of hydrogen-bond donors (Lipinski definition) is 3. The van der Waals surface area contributed by atoms with Crippen LogP contribution in [0.5, 0.6) is 11.5 Å². The minimum absolute atomic E-state index is 0.275. The molecule has 1 unspecified atom stereocenters. The molecule has 0 aliphatic rings. The third-order valence-corrected chi connectivity index (χ3v) is 4.93. The molecule has 0 aliphatic carbocycles. The van der Waals surface area contributed by atoms with Crippen LogP contribution in [-0.2, 0) is 7.05 Å². The van der Waals surface area contributed by atoms with Crippen molar-refractivity contribution >= 4 is 28.6 Å². The number of carbonyl (C=O) groups excluding carboxylic acids is 1. The molecule has 2 aromatic heterocycles. The number of nitrogens with zero attached hydrogens (tertiary/aromatic N) is 3. The number of imidazole rings is 1. The SMILES string of the molecule is CNC(=O)c1cc(Oc2ccc3c(c2)nc(Nc2ccc(C(C)O)cc2)n3C)ccn1. The number of ether oxygens (including phenoxy) is 1. The van der Waals surface area contributed by atoms with Crippen LogP contribution in [0.3, 0.4) is 0 Å². The van der Waals surface area contributed by atoms with Gasteiger partial charge in [-0.05, 0) is 42.8 Å². The Morgan fingerprint density at radius 1 is 1.10 bits per heavy atom. The van der Waals surface area contributed by atoms with Crippen molar-refractivity contribution in [2.75, 3.05) is 12.4 Å². The monoisotopic (exact) mass is 417 g/mol. The maximum Gasteiger partial charge on any atom is 0.269 e. The van der Waals surface area contributed by atoms with Gasteiger partial charge in [0.15, 0.2) is 0 Å². The predicted molar refractivity (Wildman–Crippen MR) is 119 cm³/mol. The topological polar surface area (TPSA) is 101 Å². The molecule has 0 aliphatic heterocycles. The maximum absolute atomic E-state index is 11.8. The highest BCUT2D eigenvalue weighted by Gasteiger charge is 2.11. The van der Waals surface area contributed by atoms with Crippen molar-refractivity contribution < 1.29 is 14.6 Å². The second kappa shape index (κ2) is 8.45. The summed E-state index contributed by atoms with van der Waals surface area (Å²) in [6.07, 6.45) is 1.03. The fourth-order valence-corrected chi connectivity index (χ4v) is 3.19. The van der Waals surface area contributed by atoms with E-state index in [1.807, 2.05) is 54.1 Å². The lowest BCUT2D eigenvalue weighted by Crippen LogP contribution is -2.18. The number of aromatic nitrogens is 3. The highest BCUT2D eigenvalue weighted by Crippen LogP contribution is 2.28. The van der Waals surface area contributed by atoms with E-state index in [0.29, 0.717) is 17.4 Å². The van der Waals surface area contributed by atoms with Gasteiger partial charge in [-0.15, -0.1) is 0 Å². The summed E-state index contributed by atoms with van der Waals surface area (Å²) in [5.74, 6) is 1.53. The van der Waals surface area contributed by atoms with Crippen LogP contribution in [-0.4, -0.2) is 32.6 Å². The molecule has 31 heavy (non-hydrogen) atoms. The molecular formula is C23H23N5O3. The van der Waals surface area contributed by atoms with Crippen molar-refractivity contribution in [3.05, 3.63) is 72.1 Å². The maximum atomic E-state index is 11.8. The summed E-state index contributed by atoms with van der Waals surface area (Å²) < 4.78 is 7.87. The molecule has 0 saturated carbocycles. The van der Waals surface area contributed by atoms with Crippen molar-refractivity contribution in [2.45, 2.75) is 13.0 Å². The number of anilines is 2. The van der Waals surface area contributed by atoms with E-state index in [1.165, 1.54) is 6.20 Å². The van der Waals surface area contributed by atoms with Crippen LogP contribution in [0.15, 0.2) is 60.8 Å². The third kappa shape index (κ3) is 4.34. The Morgan fingerprint density at radius 2 is 1.84 bits per heavy atom. The highest BCUT2D eigenvalue weighted by atomic mass is 16.5. The largest absolute Gasteiger partial charge is 0.457 e. The van der Waals surface area contributed by atoms with Crippen LogP contribution < -0.4 is 15.4 Å². The van der Waals surface area contributed by atoms with Crippen LogP contribution in [0.25, 0.3) is 11.0 Å². The molecular weight excluding hydrogens is 394 g/mol. The van der Waals surface area contributed by atoms with Crippen LogP contribution in [0.2, 0.25) is 0 Å². The lowest BCUT2D eigenvalue weighted by molar-refractivity contribution is 0.0958. The van der Waals surface area contributed by atoms with Crippen LogP contribution >= 0.6 is 0 Å². The third-order valence-electron chi connectivity index (χ3n) is 4.93. The Labute approximate surface area is 179 Å². The number of fused-ring (bicyclic) bond motifs is 1. The van der Waals surface area contributed by atoms with E-state index in [0.717, 1.165) is 22.3 Å². The van der Waals surface area contributed by atoms with Gasteiger partial charge in [0, 0.05) is 38.1 Å². The lowest BCUT2D eigenvalue weighted by atomic mass is 10.1. The number of nitrogens with one attached hydrogen (secondary N) is 2. The summed E-state index contributed by atoms with van der Waals surface area (Å²) in [4.78, 5) is 20.5. The minimum Gasteiger partial charge on any atom is -0.457 e. The average molecular weight is 417 g/mol. The Bertz CT molecular complexity index is 1230. The Balaban J connectivity index is 1.57. The number of hydrogen-bond acceptors (Lipinski definition) is 6. The number of aliphatic hydroxyl groups excluding tert-OH is 1. The summed E-state index contributed by atoms with van der Waals surface area (Å²) in [5.41, 5.74) is 3.72. The number of carbonyl (C=O) groups is 1. The highest BCUT2D eigenvalue weighted by molar-refractivity contribution is 5.92. The van der Waals surface area contributed by atoms with Crippen LogP contribution in [0.1, 0.15) is 29.1 Å². The zero-order valence-electron chi connectivity index (χ0n) is 17.5. The smallest absolute Gasteiger partial charge is 0.269 e. The fourth-order valence-electron chi connectivity index (χ4n) is 3.19. The Morgan fingerprint density at radius 3 is 2.55 bits per heavy atom. The normalized spacial score (nSPS) is 11.9. The number of aryl methyl sites for hydroxylation is 1. The van der Waals surface area contributed by atoms with Crippen molar-refractivity contribution in [1.82, 2.24) is 19.9 Å². The molecule has 1 amide bonds. The summed E-state index contributed by atoms with van der Waals surface area (Å²) in [6, 6.07) is 16.5. The molecule has 4 aromatic rings. The van der Waals surface area contributed by atoms with Gasteiger partial charge in [-0.25, -0.2) is 4.98 Å². The first-order valence-corrected chi connectivity index (χ1v) is 9.82. The summed E-state index contributed by atoms with van der Waals surface area (Å²) in [7, 11) is 3.49. The van der Waals surface area contributed by atoms with Crippen molar-refractivity contribution in [3.8, 4) is 11.5 Å². The predicted octanol–water partition coefficient (Wildman–Crippen LogP) is 3.92. The number of aliphatic hydroxyl groups is 1. The zero-order valence-corrected chi connectivity index (χ0v) is 17.5. The average Bonchev–Trinajstić information content (AvgIpc) is 3.08. The van der Waals surface area contributed by atoms with E-state index >= 15 is 0 Å². The van der Waals surface area contributed by atoms with Crippen molar-refractivity contribution in [2.24, 2.45) is 7.05 Å². The van der Waals surface area contributed by atoms with Gasteiger partial charge in [0.2, 0.25) is 5.95 Å². The Hall–Kier alpha value is -3.91. The van der Waals surface area contributed by atoms with E-state index in [2.05, 4.69) is 20.6 Å². The number of benzene rings is 2. The minimum atomic E-state index is -0.504. The molecule has 8 nitrogen and oxygen atoms in total. The first kappa shape index (κ1) is 20.4. The number of rotatable bonds is 6. The molecule has 8 heteroatoms. The number of pyridine rings is 1. The second-order valence-corrected chi connectivity index (χ2v) is 7.13. The van der Waals surface area contributed by atoms with Crippen molar-refractivity contribution in [1.29, 1.82) is 0 Å². The quantitative estimate of drug-likeness (QED) is 0.440. The fraction of sp³-hybridized carbons (Fsp3) is 0.174. The van der Waals surface area contributed by atoms with Crippen molar-refractivity contribution in [3.63, 3.8) is 0 Å². The van der Waals surface area contributed by atoms with Gasteiger partial charge in [0.1, 0.15) is 17.2 Å². The first-order valence-electron chi connectivity index (χ1n) is 9.82. The van der Waals surface area contributed by atoms with Gasteiger partial charge in [0.25, 0.3) is 5.91 Å². The lowest BCUT2D eigenvalue weighted by Gasteiger charge is -2.08. The van der Waals surface area contributed by atoms with E-state index < -0.39 is 6.10 Å².